The van der Waals surface area contributed by atoms with Gasteiger partial charge in [0, 0.05) is 32.7 Å². The molecule has 2 rings (SSSR count). The quantitative estimate of drug-likeness (QED) is 0.799. The zero-order valence-corrected chi connectivity index (χ0v) is 14.7. The lowest BCUT2D eigenvalue weighted by molar-refractivity contribution is -0.137. The van der Waals surface area contributed by atoms with Gasteiger partial charge in [-0.2, -0.15) is 13.2 Å². The van der Waals surface area contributed by atoms with Gasteiger partial charge in [0.25, 0.3) is 0 Å². The Hall–Kier alpha value is -1.76. The molecule has 0 unspecified atom stereocenters. The molecule has 140 valence electrons. The van der Waals surface area contributed by atoms with Crippen LogP contribution in [0.15, 0.2) is 18.2 Å². The van der Waals surface area contributed by atoms with Crippen molar-refractivity contribution in [2.45, 2.75) is 39.4 Å². The van der Waals surface area contributed by atoms with Crippen molar-refractivity contribution >= 4 is 6.09 Å². The second-order valence-corrected chi connectivity index (χ2v) is 6.25. The van der Waals surface area contributed by atoms with Crippen LogP contribution in [0.1, 0.15) is 37.0 Å². The normalized spacial score (nSPS) is 16.1. The molecule has 1 fully saturated rings. The molecule has 25 heavy (non-hydrogen) atoms. The summed E-state index contributed by atoms with van der Waals surface area (Å²) in [5, 5.41) is 0. The van der Waals surface area contributed by atoms with Crippen LogP contribution in [0.4, 0.5) is 18.0 Å². The fourth-order valence-corrected chi connectivity index (χ4v) is 3.01. The molecule has 4 nitrogen and oxygen atoms in total. The van der Waals surface area contributed by atoms with Gasteiger partial charge in [0.1, 0.15) is 0 Å². The monoisotopic (exact) mass is 358 g/mol. The number of aryl methyl sites for hydroxylation is 1. The minimum atomic E-state index is -4.33. The average molecular weight is 358 g/mol. The summed E-state index contributed by atoms with van der Waals surface area (Å²) in [4.78, 5) is 15.4. The molecule has 0 atom stereocenters. The van der Waals surface area contributed by atoms with Crippen LogP contribution in [0.2, 0.25) is 0 Å². The molecule has 1 aromatic rings. The summed E-state index contributed by atoms with van der Waals surface area (Å²) < 4.78 is 44.3. The number of alkyl halides is 3. The first-order chi connectivity index (χ1) is 11.8. The van der Waals surface area contributed by atoms with Crippen LogP contribution in [0, 0.1) is 0 Å². The van der Waals surface area contributed by atoms with Crippen LogP contribution < -0.4 is 0 Å². The molecule has 1 amide bonds. The average Bonchev–Trinajstić information content (AvgIpc) is 2.55. The van der Waals surface area contributed by atoms with E-state index in [1.54, 1.807) is 11.8 Å². The predicted molar refractivity (Wildman–Crippen MR) is 89.3 cm³/mol. The zero-order valence-electron chi connectivity index (χ0n) is 14.7. The van der Waals surface area contributed by atoms with Crippen molar-refractivity contribution in [1.82, 2.24) is 9.80 Å². The number of rotatable bonds is 5. The minimum absolute atomic E-state index is 0.327. The third-order valence-corrected chi connectivity index (χ3v) is 4.22. The first-order valence-electron chi connectivity index (χ1n) is 8.67. The third kappa shape index (κ3) is 5.63. The predicted octanol–water partition coefficient (Wildman–Crippen LogP) is 3.93. The lowest BCUT2D eigenvalue weighted by atomic mass is 10.0. The molecule has 1 aromatic carbocycles. The molecule has 1 heterocycles. The number of hydrogen-bond acceptors (Lipinski definition) is 3. The zero-order chi connectivity index (χ0) is 18.4. The Morgan fingerprint density at radius 1 is 1.08 bits per heavy atom. The van der Waals surface area contributed by atoms with E-state index in [1.807, 2.05) is 13.0 Å². The van der Waals surface area contributed by atoms with Crippen molar-refractivity contribution in [3.8, 4) is 0 Å². The smallest absolute Gasteiger partial charge is 0.416 e. The number of carbonyl (C=O) groups excluding carboxylic acids is 1. The van der Waals surface area contributed by atoms with Crippen LogP contribution in [0.5, 0.6) is 0 Å². The highest BCUT2D eigenvalue weighted by Crippen LogP contribution is 2.31. The van der Waals surface area contributed by atoms with E-state index in [-0.39, 0.29) is 6.09 Å². The van der Waals surface area contributed by atoms with E-state index < -0.39 is 11.7 Å². The number of hydrogen-bond donors (Lipinski definition) is 0. The van der Waals surface area contributed by atoms with Crippen molar-refractivity contribution in [2.24, 2.45) is 0 Å². The van der Waals surface area contributed by atoms with Gasteiger partial charge in [-0.3, -0.25) is 4.90 Å². The highest BCUT2D eigenvalue weighted by Gasteiger charge is 2.31. The van der Waals surface area contributed by atoms with E-state index in [4.69, 9.17) is 4.74 Å². The van der Waals surface area contributed by atoms with Gasteiger partial charge in [-0.25, -0.2) is 4.79 Å². The molecule has 7 heteroatoms. The van der Waals surface area contributed by atoms with Gasteiger partial charge in [-0.15, -0.1) is 0 Å². The van der Waals surface area contributed by atoms with Gasteiger partial charge in [0.15, 0.2) is 0 Å². The second-order valence-electron chi connectivity index (χ2n) is 6.25. The molecular formula is C18H25F3N2O2. The molecule has 1 aliphatic heterocycles. The Bertz CT molecular complexity index is 582. The maximum absolute atomic E-state index is 13.1. The van der Waals surface area contributed by atoms with Gasteiger partial charge in [0.05, 0.1) is 12.2 Å². The lowest BCUT2D eigenvalue weighted by Crippen LogP contribution is -2.48. The molecule has 0 aliphatic carbocycles. The summed E-state index contributed by atoms with van der Waals surface area (Å²) in [7, 11) is 0. The third-order valence-electron chi connectivity index (χ3n) is 4.22. The highest BCUT2D eigenvalue weighted by atomic mass is 19.4. The van der Waals surface area contributed by atoms with Crippen molar-refractivity contribution in [3.63, 3.8) is 0 Å². The fraction of sp³-hybridized carbons (Fsp3) is 0.611. The van der Waals surface area contributed by atoms with Crippen LogP contribution in [0.25, 0.3) is 0 Å². The summed E-state index contributed by atoms with van der Waals surface area (Å²) in [6, 6.07) is 4.33. The van der Waals surface area contributed by atoms with E-state index in [0.29, 0.717) is 51.3 Å². The number of carbonyl (C=O) groups is 1. The molecule has 0 N–H and O–H groups in total. The standard InChI is InChI=1S/C18H25F3N2O2/c1-3-5-14-10-15(12-16(11-14)18(19,20)21)13-22-6-8-23(9-7-22)17(24)25-4-2/h10-12H,3-9,13H2,1-2H3. The Kier molecular flexibility index (Phi) is 6.70. The van der Waals surface area contributed by atoms with Crippen LogP contribution in [0.3, 0.4) is 0 Å². The van der Waals surface area contributed by atoms with Crippen LogP contribution in [-0.2, 0) is 23.9 Å². The van der Waals surface area contributed by atoms with Gasteiger partial charge in [-0.1, -0.05) is 19.4 Å². The molecule has 0 aromatic heterocycles. The Morgan fingerprint density at radius 2 is 1.72 bits per heavy atom. The number of amides is 1. The van der Waals surface area contributed by atoms with Crippen molar-refractivity contribution in [1.29, 1.82) is 0 Å². The Labute approximate surface area is 146 Å². The molecular weight excluding hydrogens is 333 g/mol. The fourth-order valence-electron chi connectivity index (χ4n) is 3.01. The van der Waals surface area contributed by atoms with E-state index in [0.717, 1.165) is 12.0 Å². The SMILES string of the molecule is CCCc1cc(CN2CCN(C(=O)OCC)CC2)cc(C(F)(F)F)c1. The lowest BCUT2D eigenvalue weighted by Gasteiger charge is -2.34. The van der Waals surface area contributed by atoms with Crippen molar-refractivity contribution < 1.29 is 22.7 Å². The van der Waals surface area contributed by atoms with E-state index in [2.05, 4.69) is 4.90 Å². The van der Waals surface area contributed by atoms with Crippen LogP contribution in [-0.4, -0.2) is 48.7 Å². The summed E-state index contributed by atoms with van der Waals surface area (Å²) >= 11 is 0. The molecule has 0 radical (unpaired) electrons. The number of piperazine rings is 1. The van der Waals surface area contributed by atoms with Gasteiger partial charge in [0.2, 0.25) is 0 Å². The van der Waals surface area contributed by atoms with E-state index in [9.17, 15) is 18.0 Å². The summed E-state index contributed by atoms with van der Waals surface area (Å²) in [6.45, 7) is 6.81. The molecule has 0 spiro atoms. The maximum Gasteiger partial charge on any atom is 0.416 e. The first-order valence-corrected chi connectivity index (χ1v) is 8.67. The molecule has 1 aliphatic rings. The van der Waals surface area contributed by atoms with E-state index in [1.165, 1.54) is 12.1 Å². The molecule has 0 saturated carbocycles. The second kappa shape index (κ2) is 8.56. The summed E-state index contributed by atoms with van der Waals surface area (Å²) in [6.07, 6.45) is -3.22. The number of ether oxygens (including phenoxy) is 1. The van der Waals surface area contributed by atoms with Gasteiger partial charge in [-0.05, 0) is 36.6 Å². The van der Waals surface area contributed by atoms with Gasteiger partial charge < -0.3 is 9.64 Å². The largest absolute Gasteiger partial charge is 0.450 e. The van der Waals surface area contributed by atoms with Crippen LogP contribution >= 0.6 is 0 Å². The van der Waals surface area contributed by atoms with E-state index >= 15 is 0 Å². The Balaban J connectivity index is 2.03. The highest BCUT2D eigenvalue weighted by molar-refractivity contribution is 5.67. The maximum atomic E-state index is 13.1. The molecule has 0 bridgehead atoms. The molecule has 1 saturated heterocycles. The first kappa shape index (κ1) is 19.6. The Morgan fingerprint density at radius 3 is 2.28 bits per heavy atom. The van der Waals surface area contributed by atoms with Crippen molar-refractivity contribution in [3.05, 3.63) is 34.9 Å². The summed E-state index contributed by atoms with van der Waals surface area (Å²) in [5.74, 6) is 0. The minimum Gasteiger partial charge on any atom is -0.450 e. The number of nitrogens with zero attached hydrogens (tertiary/aromatic N) is 2. The van der Waals surface area contributed by atoms with Crippen molar-refractivity contribution in [2.75, 3.05) is 32.8 Å². The topological polar surface area (TPSA) is 32.8 Å². The number of benzene rings is 1. The number of halogens is 3. The summed E-state index contributed by atoms with van der Waals surface area (Å²) in [5.41, 5.74) is 0.805. The van der Waals surface area contributed by atoms with Gasteiger partial charge >= 0.3 is 12.3 Å².